The number of anilines is 1. The lowest BCUT2D eigenvalue weighted by molar-refractivity contribution is -0.144. The van der Waals surface area contributed by atoms with E-state index in [2.05, 4.69) is 24.5 Å². The van der Waals surface area contributed by atoms with Crippen molar-refractivity contribution in [2.45, 2.75) is 90.2 Å². The van der Waals surface area contributed by atoms with Gasteiger partial charge >= 0.3 is 0 Å². The fourth-order valence-electron chi connectivity index (χ4n) is 5.79. The standard InChI is InChI=1S/C23H37N3O3S/c1-4-5-10-24-21-26-20-15(11-19(29)25-14-6-7-14)22(2)9-8-18(28)23(3,13-27)17(22)12-16(20)30-21/h14-15,17-18,27-28H,4-13H2,1-3H3,(H,24,26)(H,25,29). The number of carbonyl (C=O) groups is 1. The van der Waals surface area contributed by atoms with Gasteiger partial charge in [-0.3, -0.25) is 4.79 Å². The van der Waals surface area contributed by atoms with Gasteiger partial charge in [-0.25, -0.2) is 4.98 Å². The van der Waals surface area contributed by atoms with E-state index in [9.17, 15) is 15.0 Å². The summed E-state index contributed by atoms with van der Waals surface area (Å²) < 4.78 is 0. The molecule has 5 atom stereocenters. The first kappa shape index (κ1) is 22.0. The second-order valence-corrected chi connectivity index (χ2v) is 11.3. The number of hydrogen-bond donors (Lipinski definition) is 4. The van der Waals surface area contributed by atoms with Crippen LogP contribution in [0, 0.1) is 16.7 Å². The van der Waals surface area contributed by atoms with Crippen molar-refractivity contribution < 1.29 is 15.0 Å². The van der Waals surface area contributed by atoms with E-state index in [0.717, 1.165) is 55.9 Å². The highest BCUT2D eigenvalue weighted by molar-refractivity contribution is 7.15. The van der Waals surface area contributed by atoms with Crippen molar-refractivity contribution in [3.05, 3.63) is 10.6 Å². The first-order chi connectivity index (χ1) is 14.3. The van der Waals surface area contributed by atoms with Gasteiger partial charge < -0.3 is 20.8 Å². The quantitative estimate of drug-likeness (QED) is 0.469. The minimum Gasteiger partial charge on any atom is -0.396 e. The summed E-state index contributed by atoms with van der Waals surface area (Å²) in [6.07, 6.45) is 6.65. The van der Waals surface area contributed by atoms with Gasteiger partial charge in [0.1, 0.15) is 0 Å². The van der Waals surface area contributed by atoms with E-state index in [1.165, 1.54) is 4.88 Å². The number of rotatable bonds is 8. The molecule has 1 heterocycles. The Bertz CT molecular complexity index is 780. The van der Waals surface area contributed by atoms with E-state index in [4.69, 9.17) is 4.98 Å². The Morgan fingerprint density at radius 1 is 1.30 bits per heavy atom. The molecule has 3 aliphatic carbocycles. The molecule has 0 radical (unpaired) electrons. The average Bonchev–Trinajstić information content (AvgIpc) is 3.43. The van der Waals surface area contributed by atoms with Crippen LogP contribution < -0.4 is 10.6 Å². The summed E-state index contributed by atoms with van der Waals surface area (Å²) >= 11 is 1.69. The lowest BCUT2D eigenvalue weighted by atomic mass is 9.47. The van der Waals surface area contributed by atoms with Gasteiger partial charge in [-0.05, 0) is 49.9 Å². The van der Waals surface area contributed by atoms with Crippen LogP contribution in [0.2, 0.25) is 0 Å². The number of hydrogen-bond acceptors (Lipinski definition) is 6. The van der Waals surface area contributed by atoms with Crippen LogP contribution in [0.25, 0.3) is 0 Å². The third kappa shape index (κ3) is 3.89. The monoisotopic (exact) mass is 435 g/mol. The van der Waals surface area contributed by atoms with Gasteiger partial charge in [0, 0.05) is 35.2 Å². The first-order valence-electron chi connectivity index (χ1n) is 11.6. The number of carbonyl (C=O) groups excluding carboxylic acids is 1. The van der Waals surface area contributed by atoms with E-state index < -0.39 is 11.5 Å². The summed E-state index contributed by atoms with van der Waals surface area (Å²) in [5, 5.41) is 28.7. The molecule has 0 aliphatic heterocycles. The zero-order chi connectivity index (χ0) is 21.5. The molecular weight excluding hydrogens is 398 g/mol. The molecule has 4 rings (SSSR count). The van der Waals surface area contributed by atoms with Crippen molar-refractivity contribution in [3.63, 3.8) is 0 Å². The highest BCUT2D eigenvalue weighted by Gasteiger charge is 2.59. The summed E-state index contributed by atoms with van der Waals surface area (Å²) in [5.41, 5.74) is 0.343. The van der Waals surface area contributed by atoms with Gasteiger partial charge in [-0.1, -0.05) is 27.2 Å². The predicted molar refractivity (Wildman–Crippen MR) is 120 cm³/mol. The third-order valence-corrected chi connectivity index (χ3v) is 9.08. The van der Waals surface area contributed by atoms with E-state index >= 15 is 0 Å². The van der Waals surface area contributed by atoms with Crippen LogP contribution in [0.5, 0.6) is 0 Å². The fourth-order valence-corrected chi connectivity index (χ4v) is 6.89. The molecule has 1 amide bonds. The Kier molecular flexibility index (Phi) is 6.17. The summed E-state index contributed by atoms with van der Waals surface area (Å²) in [7, 11) is 0. The normalized spacial score (nSPS) is 35.4. The van der Waals surface area contributed by atoms with E-state index in [0.29, 0.717) is 18.9 Å². The molecule has 0 saturated heterocycles. The van der Waals surface area contributed by atoms with Gasteiger partial charge in [0.2, 0.25) is 5.91 Å². The van der Waals surface area contributed by atoms with Gasteiger partial charge in [-0.15, -0.1) is 11.3 Å². The minimum atomic E-state index is -0.560. The fraction of sp³-hybridized carbons (Fsp3) is 0.826. The molecule has 1 aromatic heterocycles. The van der Waals surface area contributed by atoms with Crippen LogP contribution >= 0.6 is 11.3 Å². The second-order valence-electron chi connectivity index (χ2n) is 10.2. The van der Waals surface area contributed by atoms with Crippen molar-refractivity contribution in [2.24, 2.45) is 16.7 Å². The zero-order valence-corrected chi connectivity index (χ0v) is 19.4. The van der Waals surface area contributed by atoms with Gasteiger partial charge in [0.25, 0.3) is 0 Å². The van der Waals surface area contributed by atoms with Crippen LogP contribution in [0.1, 0.15) is 82.2 Å². The zero-order valence-electron chi connectivity index (χ0n) is 18.5. The van der Waals surface area contributed by atoms with Gasteiger partial charge in [0.05, 0.1) is 18.4 Å². The molecule has 2 saturated carbocycles. The average molecular weight is 436 g/mol. The number of aliphatic hydroxyl groups is 2. The van der Waals surface area contributed by atoms with Gasteiger partial charge in [-0.2, -0.15) is 0 Å². The molecule has 30 heavy (non-hydrogen) atoms. The molecule has 4 N–H and O–H groups in total. The largest absolute Gasteiger partial charge is 0.396 e. The van der Waals surface area contributed by atoms with Gasteiger partial charge in [0.15, 0.2) is 5.13 Å². The highest BCUT2D eigenvalue weighted by Crippen LogP contribution is 2.62. The van der Waals surface area contributed by atoms with E-state index in [-0.39, 0.29) is 29.8 Å². The van der Waals surface area contributed by atoms with E-state index in [1.54, 1.807) is 11.3 Å². The number of aliphatic hydroxyl groups excluding tert-OH is 2. The van der Waals surface area contributed by atoms with Crippen LogP contribution in [-0.4, -0.2) is 46.4 Å². The second kappa shape index (κ2) is 8.40. The predicted octanol–water partition coefficient (Wildman–Crippen LogP) is 3.44. The molecule has 6 nitrogen and oxygen atoms in total. The Morgan fingerprint density at radius 3 is 2.73 bits per heavy atom. The molecule has 0 aromatic carbocycles. The highest BCUT2D eigenvalue weighted by atomic mass is 32.1. The topological polar surface area (TPSA) is 94.5 Å². The molecular formula is C23H37N3O3S. The van der Waals surface area contributed by atoms with Crippen molar-refractivity contribution in [1.29, 1.82) is 0 Å². The Labute approximate surface area is 183 Å². The van der Waals surface area contributed by atoms with Crippen LogP contribution in [0.15, 0.2) is 0 Å². The van der Waals surface area contributed by atoms with Crippen LogP contribution in [0.4, 0.5) is 5.13 Å². The van der Waals surface area contributed by atoms with E-state index in [1.807, 2.05) is 6.92 Å². The smallest absolute Gasteiger partial charge is 0.220 e. The Morgan fingerprint density at radius 2 is 2.07 bits per heavy atom. The molecule has 168 valence electrons. The van der Waals surface area contributed by atoms with Crippen molar-refractivity contribution in [1.82, 2.24) is 10.3 Å². The number of fused-ring (bicyclic) bond motifs is 2. The molecule has 7 heteroatoms. The molecule has 0 spiro atoms. The summed E-state index contributed by atoms with van der Waals surface area (Å²) in [4.78, 5) is 19.1. The summed E-state index contributed by atoms with van der Waals surface area (Å²) in [6, 6.07) is 0.349. The number of nitrogens with zero attached hydrogens (tertiary/aromatic N) is 1. The molecule has 5 unspecified atom stereocenters. The summed E-state index contributed by atoms with van der Waals surface area (Å²) in [5.74, 6) is 0.246. The van der Waals surface area contributed by atoms with Crippen LogP contribution in [-0.2, 0) is 11.2 Å². The Balaban J connectivity index is 1.68. The molecule has 2 fully saturated rings. The van der Waals surface area contributed by atoms with Crippen LogP contribution in [0.3, 0.4) is 0 Å². The number of thiazole rings is 1. The maximum absolute atomic E-state index is 12.9. The van der Waals surface area contributed by atoms with Crippen molar-refractivity contribution in [2.75, 3.05) is 18.5 Å². The SMILES string of the molecule is CCCCNc1nc2c(s1)CC1C(C)(CO)C(O)CCC1(C)C2CC(=O)NC1CC1. The molecule has 0 bridgehead atoms. The van der Waals surface area contributed by atoms with Crippen molar-refractivity contribution in [3.8, 4) is 0 Å². The Hall–Kier alpha value is -1.18. The first-order valence-corrected chi connectivity index (χ1v) is 12.4. The number of aromatic nitrogens is 1. The minimum absolute atomic E-state index is 0.0151. The maximum Gasteiger partial charge on any atom is 0.220 e. The molecule has 3 aliphatic rings. The van der Waals surface area contributed by atoms with Crippen molar-refractivity contribution >= 4 is 22.4 Å². The number of amides is 1. The summed E-state index contributed by atoms with van der Waals surface area (Å²) in [6.45, 7) is 7.33. The number of nitrogens with one attached hydrogen (secondary N) is 2. The molecule has 1 aromatic rings. The lowest BCUT2D eigenvalue weighted by Crippen LogP contribution is -2.57. The lowest BCUT2D eigenvalue weighted by Gasteiger charge is -2.58. The number of unbranched alkanes of at least 4 members (excludes halogenated alkanes) is 1. The maximum atomic E-state index is 12.9. The third-order valence-electron chi connectivity index (χ3n) is 8.03.